The molecule has 0 unspecified atom stereocenters. The predicted octanol–water partition coefficient (Wildman–Crippen LogP) is 1.02. The Hall–Kier alpha value is -1.67. The molecular weight excluding hydrogens is 296 g/mol. The smallest absolute Gasteiger partial charge is 0.270 e. The number of benzene rings is 1. The summed E-state index contributed by atoms with van der Waals surface area (Å²) < 4.78 is 21.8. The van der Waals surface area contributed by atoms with Gasteiger partial charge in [-0.2, -0.15) is 0 Å². The van der Waals surface area contributed by atoms with E-state index < -0.39 is 20.7 Å². The highest BCUT2D eigenvalue weighted by Crippen LogP contribution is 2.21. The van der Waals surface area contributed by atoms with Gasteiger partial charge in [-0.3, -0.25) is 14.9 Å². The van der Waals surface area contributed by atoms with Crippen LogP contribution in [0.25, 0.3) is 0 Å². The predicted molar refractivity (Wildman–Crippen MR) is 70.2 cm³/mol. The largest absolute Gasteiger partial charge is 0.351 e. The third kappa shape index (κ3) is 4.84. The zero-order valence-corrected chi connectivity index (χ0v) is 11.5. The van der Waals surface area contributed by atoms with Crippen LogP contribution in [-0.4, -0.2) is 37.8 Å². The summed E-state index contributed by atoms with van der Waals surface area (Å²) in [4.78, 5) is 21.6. The van der Waals surface area contributed by atoms with Crippen molar-refractivity contribution in [3.63, 3.8) is 0 Å². The van der Waals surface area contributed by atoms with Crippen LogP contribution >= 0.6 is 11.6 Å². The summed E-state index contributed by atoms with van der Waals surface area (Å²) in [5, 5.41) is 13.0. The summed E-state index contributed by atoms with van der Waals surface area (Å²) in [6, 6.07) is 3.46. The van der Waals surface area contributed by atoms with Gasteiger partial charge < -0.3 is 5.32 Å². The van der Waals surface area contributed by atoms with Gasteiger partial charge in [0.25, 0.3) is 11.6 Å². The Morgan fingerprint density at radius 3 is 2.63 bits per heavy atom. The van der Waals surface area contributed by atoms with Crippen molar-refractivity contribution in [3.8, 4) is 0 Å². The first-order valence-electron chi connectivity index (χ1n) is 5.10. The maximum atomic E-state index is 11.7. The van der Waals surface area contributed by atoms with Crippen molar-refractivity contribution in [1.82, 2.24) is 5.32 Å². The van der Waals surface area contributed by atoms with E-state index in [2.05, 4.69) is 5.32 Å². The molecule has 1 N–H and O–H groups in total. The topological polar surface area (TPSA) is 106 Å². The van der Waals surface area contributed by atoms with Crippen molar-refractivity contribution in [2.45, 2.75) is 0 Å². The van der Waals surface area contributed by atoms with Gasteiger partial charge in [-0.25, -0.2) is 8.42 Å². The number of sulfone groups is 1. The lowest BCUT2D eigenvalue weighted by Gasteiger charge is -2.06. The molecule has 104 valence electrons. The fraction of sp³-hybridized carbons (Fsp3) is 0.300. The van der Waals surface area contributed by atoms with Crippen LogP contribution in [0.1, 0.15) is 10.4 Å². The van der Waals surface area contributed by atoms with E-state index in [9.17, 15) is 23.3 Å². The summed E-state index contributed by atoms with van der Waals surface area (Å²) in [7, 11) is -3.19. The maximum Gasteiger partial charge on any atom is 0.270 e. The van der Waals surface area contributed by atoms with Crippen molar-refractivity contribution >= 4 is 33.0 Å². The Kier molecular flexibility index (Phi) is 4.84. The highest BCUT2D eigenvalue weighted by Gasteiger charge is 2.15. The van der Waals surface area contributed by atoms with Crippen LogP contribution in [-0.2, 0) is 9.84 Å². The molecule has 0 aliphatic heterocycles. The van der Waals surface area contributed by atoms with E-state index >= 15 is 0 Å². The van der Waals surface area contributed by atoms with Crippen LogP contribution in [0.3, 0.4) is 0 Å². The van der Waals surface area contributed by atoms with Crippen molar-refractivity contribution < 1.29 is 18.1 Å². The van der Waals surface area contributed by atoms with E-state index in [0.29, 0.717) is 0 Å². The van der Waals surface area contributed by atoms with Crippen LogP contribution in [0.4, 0.5) is 5.69 Å². The summed E-state index contributed by atoms with van der Waals surface area (Å²) >= 11 is 5.76. The molecule has 9 heteroatoms. The van der Waals surface area contributed by atoms with Crippen molar-refractivity contribution in [3.05, 3.63) is 38.9 Å². The molecule has 0 saturated heterocycles. The fourth-order valence-electron chi connectivity index (χ4n) is 1.25. The Balaban J connectivity index is 2.82. The number of rotatable bonds is 5. The summed E-state index contributed by atoms with van der Waals surface area (Å²) in [6.45, 7) is -0.0866. The van der Waals surface area contributed by atoms with Crippen LogP contribution in [0.5, 0.6) is 0 Å². The average molecular weight is 307 g/mol. The molecule has 0 bridgehead atoms. The minimum absolute atomic E-state index is 0.0578. The lowest BCUT2D eigenvalue weighted by Crippen LogP contribution is -2.29. The molecule has 0 aliphatic carbocycles. The Morgan fingerprint density at radius 1 is 1.47 bits per heavy atom. The number of non-ortho nitro benzene ring substituents is 1. The molecule has 0 aromatic heterocycles. The molecule has 1 aromatic rings. The van der Waals surface area contributed by atoms with E-state index in [1.165, 1.54) is 12.1 Å². The van der Waals surface area contributed by atoms with E-state index in [1.807, 2.05) is 0 Å². The third-order valence-corrected chi connectivity index (χ3v) is 3.44. The number of nitrogens with one attached hydrogen (secondary N) is 1. The quantitative estimate of drug-likeness (QED) is 0.645. The summed E-state index contributed by atoms with van der Waals surface area (Å²) in [6.07, 6.45) is 1.04. The SMILES string of the molecule is CS(=O)(=O)CCNC(=O)c1cc([N+](=O)[O-])ccc1Cl. The van der Waals surface area contributed by atoms with E-state index in [4.69, 9.17) is 11.6 Å². The molecule has 1 aromatic carbocycles. The number of hydrogen-bond donors (Lipinski definition) is 1. The van der Waals surface area contributed by atoms with Crippen LogP contribution in [0.2, 0.25) is 5.02 Å². The standard InChI is InChI=1S/C10H11ClN2O5S/c1-19(17,18)5-4-12-10(14)8-6-7(13(15)16)2-3-9(8)11/h2-3,6H,4-5H2,1H3,(H,12,14). The van der Waals surface area contributed by atoms with Crippen molar-refractivity contribution in [2.75, 3.05) is 18.6 Å². The molecule has 1 rings (SSSR count). The van der Waals surface area contributed by atoms with Gasteiger partial charge in [0.15, 0.2) is 0 Å². The van der Waals surface area contributed by atoms with Gasteiger partial charge in [0, 0.05) is 24.9 Å². The Bertz CT molecular complexity index is 614. The molecule has 0 atom stereocenters. The molecule has 0 fully saturated rings. The zero-order valence-electron chi connectivity index (χ0n) is 9.92. The molecule has 7 nitrogen and oxygen atoms in total. The zero-order chi connectivity index (χ0) is 14.6. The first kappa shape index (κ1) is 15.4. The number of nitro groups is 1. The highest BCUT2D eigenvalue weighted by atomic mass is 35.5. The molecule has 0 aliphatic rings. The number of hydrogen-bond acceptors (Lipinski definition) is 5. The second kappa shape index (κ2) is 5.98. The molecule has 0 saturated carbocycles. The highest BCUT2D eigenvalue weighted by molar-refractivity contribution is 7.90. The van der Waals surface area contributed by atoms with Crippen molar-refractivity contribution in [2.24, 2.45) is 0 Å². The monoisotopic (exact) mass is 306 g/mol. The minimum Gasteiger partial charge on any atom is -0.351 e. The Labute approximate surface area is 114 Å². The van der Waals surface area contributed by atoms with Gasteiger partial charge in [0.2, 0.25) is 0 Å². The number of nitrogens with zero attached hydrogens (tertiary/aromatic N) is 1. The van der Waals surface area contributed by atoms with E-state index in [1.54, 1.807) is 0 Å². The van der Waals surface area contributed by atoms with Gasteiger partial charge in [0.1, 0.15) is 9.84 Å². The van der Waals surface area contributed by atoms with Gasteiger partial charge in [-0.05, 0) is 6.07 Å². The Morgan fingerprint density at radius 2 is 2.11 bits per heavy atom. The van der Waals surface area contributed by atoms with Gasteiger partial charge in [-0.1, -0.05) is 11.6 Å². The number of halogens is 1. The number of amides is 1. The van der Waals surface area contributed by atoms with Gasteiger partial charge in [-0.15, -0.1) is 0 Å². The van der Waals surface area contributed by atoms with Gasteiger partial charge in [0.05, 0.1) is 21.3 Å². The van der Waals surface area contributed by atoms with Crippen LogP contribution in [0.15, 0.2) is 18.2 Å². The third-order valence-electron chi connectivity index (χ3n) is 2.16. The molecule has 19 heavy (non-hydrogen) atoms. The van der Waals surface area contributed by atoms with Crippen LogP contribution in [0, 0.1) is 10.1 Å². The minimum atomic E-state index is -3.19. The van der Waals surface area contributed by atoms with E-state index in [-0.39, 0.29) is 28.6 Å². The number of carbonyl (C=O) groups excluding carboxylic acids is 1. The number of nitro benzene ring substituents is 1. The summed E-state index contributed by atoms with van der Waals surface area (Å²) in [5.74, 6) is -0.872. The molecule has 0 spiro atoms. The average Bonchev–Trinajstić information content (AvgIpc) is 2.27. The second-order valence-electron chi connectivity index (χ2n) is 3.81. The number of carbonyl (C=O) groups is 1. The van der Waals surface area contributed by atoms with Gasteiger partial charge >= 0.3 is 0 Å². The molecular formula is C10H11ClN2O5S. The lowest BCUT2D eigenvalue weighted by atomic mass is 10.2. The van der Waals surface area contributed by atoms with Crippen LogP contribution < -0.4 is 5.32 Å². The molecule has 1 amide bonds. The van der Waals surface area contributed by atoms with Crippen molar-refractivity contribution in [1.29, 1.82) is 0 Å². The normalized spacial score (nSPS) is 11.1. The molecule has 0 heterocycles. The summed E-state index contributed by atoms with van der Waals surface area (Å²) in [5.41, 5.74) is -0.331. The first-order valence-corrected chi connectivity index (χ1v) is 7.54. The van der Waals surface area contributed by atoms with E-state index in [0.717, 1.165) is 12.3 Å². The first-order chi connectivity index (χ1) is 8.70. The maximum absolute atomic E-state index is 11.7. The molecule has 0 radical (unpaired) electrons. The fourth-order valence-corrected chi connectivity index (χ4v) is 1.92. The second-order valence-corrected chi connectivity index (χ2v) is 6.47. The lowest BCUT2D eigenvalue weighted by molar-refractivity contribution is -0.384.